The number of carboxylic acid groups (broad SMARTS) is 1. The molecular weight excluding hydrogens is 301 g/mol. The van der Waals surface area contributed by atoms with Gasteiger partial charge in [-0.2, -0.15) is 0 Å². The SMILES string of the molecule is CC(CS(=O)(=O)c1ccc(F)cc1)C(=O)N(C)CC(=O)O. The van der Waals surface area contributed by atoms with E-state index in [1.807, 2.05) is 0 Å². The second-order valence-electron chi connectivity index (χ2n) is 4.72. The lowest BCUT2D eigenvalue weighted by Crippen LogP contribution is -2.38. The average molecular weight is 317 g/mol. The fourth-order valence-electron chi connectivity index (χ4n) is 1.80. The number of nitrogens with zero attached hydrogens (tertiary/aromatic N) is 1. The monoisotopic (exact) mass is 317 g/mol. The summed E-state index contributed by atoms with van der Waals surface area (Å²) in [6, 6.07) is 4.30. The molecule has 1 unspecified atom stereocenters. The van der Waals surface area contributed by atoms with Crippen molar-refractivity contribution in [3.63, 3.8) is 0 Å². The van der Waals surface area contributed by atoms with E-state index in [2.05, 4.69) is 0 Å². The highest BCUT2D eigenvalue weighted by atomic mass is 32.2. The first kappa shape index (κ1) is 17.1. The summed E-state index contributed by atoms with van der Waals surface area (Å²) in [7, 11) is -2.46. The van der Waals surface area contributed by atoms with E-state index in [1.54, 1.807) is 0 Å². The Hall–Kier alpha value is -1.96. The third-order valence-corrected chi connectivity index (χ3v) is 4.74. The van der Waals surface area contributed by atoms with Gasteiger partial charge in [-0.25, -0.2) is 12.8 Å². The Balaban J connectivity index is 2.81. The predicted octanol–water partition coefficient (Wildman–Crippen LogP) is 0.778. The number of carboxylic acids is 1. The molecule has 0 aliphatic heterocycles. The van der Waals surface area contributed by atoms with Gasteiger partial charge in [-0.1, -0.05) is 6.92 Å². The summed E-state index contributed by atoms with van der Waals surface area (Å²) in [5.74, 6) is -3.69. The van der Waals surface area contributed by atoms with Crippen LogP contribution in [-0.4, -0.2) is 49.6 Å². The Kier molecular flexibility index (Phi) is 5.42. The van der Waals surface area contributed by atoms with Crippen LogP contribution in [0.3, 0.4) is 0 Å². The Morgan fingerprint density at radius 1 is 1.29 bits per heavy atom. The van der Waals surface area contributed by atoms with Crippen LogP contribution in [0.4, 0.5) is 4.39 Å². The third kappa shape index (κ3) is 4.82. The zero-order valence-electron chi connectivity index (χ0n) is 11.6. The van der Waals surface area contributed by atoms with Crippen molar-refractivity contribution in [1.29, 1.82) is 0 Å². The van der Waals surface area contributed by atoms with Gasteiger partial charge in [0, 0.05) is 13.0 Å². The number of sulfone groups is 1. The average Bonchev–Trinajstić information content (AvgIpc) is 2.36. The molecule has 0 fully saturated rings. The molecule has 1 atom stereocenters. The molecule has 0 saturated carbocycles. The molecule has 0 bridgehead atoms. The normalized spacial score (nSPS) is 12.7. The first-order valence-corrected chi connectivity index (χ1v) is 7.74. The molecular formula is C13H16FNO5S. The minimum atomic E-state index is -3.74. The van der Waals surface area contributed by atoms with Gasteiger partial charge in [-0.3, -0.25) is 9.59 Å². The van der Waals surface area contributed by atoms with E-state index in [-0.39, 0.29) is 4.90 Å². The maximum atomic E-state index is 12.8. The van der Waals surface area contributed by atoms with Crippen molar-refractivity contribution >= 4 is 21.7 Å². The maximum absolute atomic E-state index is 12.8. The van der Waals surface area contributed by atoms with Gasteiger partial charge in [-0.15, -0.1) is 0 Å². The van der Waals surface area contributed by atoms with Crippen LogP contribution < -0.4 is 0 Å². The number of halogens is 1. The summed E-state index contributed by atoms with van der Waals surface area (Å²) in [6.45, 7) is 0.904. The number of benzene rings is 1. The molecule has 21 heavy (non-hydrogen) atoms. The Morgan fingerprint density at radius 2 is 1.81 bits per heavy atom. The highest BCUT2D eigenvalue weighted by molar-refractivity contribution is 7.91. The van der Waals surface area contributed by atoms with Gasteiger partial charge in [0.25, 0.3) is 0 Å². The first-order valence-electron chi connectivity index (χ1n) is 6.08. The fourth-order valence-corrected chi connectivity index (χ4v) is 3.34. The quantitative estimate of drug-likeness (QED) is 0.783. The van der Waals surface area contributed by atoms with Gasteiger partial charge in [0.05, 0.1) is 10.6 Å². The molecule has 1 rings (SSSR count). The number of rotatable bonds is 6. The van der Waals surface area contributed by atoms with E-state index in [4.69, 9.17) is 5.11 Å². The van der Waals surface area contributed by atoms with Gasteiger partial charge in [0.15, 0.2) is 9.84 Å². The number of aliphatic carboxylic acids is 1. The van der Waals surface area contributed by atoms with Crippen LogP contribution in [0, 0.1) is 11.7 Å². The van der Waals surface area contributed by atoms with E-state index < -0.39 is 45.7 Å². The van der Waals surface area contributed by atoms with Crippen molar-refractivity contribution in [3.8, 4) is 0 Å². The molecule has 1 N–H and O–H groups in total. The van der Waals surface area contributed by atoms with Gasteiger partial charge in [-0.05, 0) is 24.3 Å². The second-order valence-corrected chi connectivity index (χ2v) is 6.76. The van der Waals surface area contributed by atoms with Gasteiger partial charge in [0.2, 0.25) is 5.91 Å². The van der Waals surface area contributed by atoms with Crippen LogP contribution in [0.5, 0.6) is 0 Å². The summed E-state index contributed by atoms with van der Waals surface area (Å²) in [5.41, 5.74) is 0. The summed E-state index contributed by atoms with van der Waals surface area (Å²) >= 11 is 0. The summed E-state index contributed by atoms with van der Waals surface area (Å²) in [5, 5.41) is 8.60. The predicted molar refractivity (Wildman–Crippen MR) is 72.9 cm³/mol. The van der Waals surface area contributed by atoms with Crippen molar-refractivity contribution in [2.75, 3.05) is 19.3 Å². The van der Waals surface area contributed by atoms with E-state index in [0.717, 1.165) is 29.2 Å². The highest BCUT2D eigenvalue weighted by Gasteiger charge is 2.26. The van der Waals surface area contributed by atoms with Crippen LogP contribution in [-0.2, 0) is 19.4 Å². The van der Waals surface area contributed by atoms with E-state index >= 15 is 0 Å². The van der Waals surface area contributed by atoms with Crippen LogP contribution in [0.25, 0.3) is 0 Å². The zero-order chi connectivity index (χ0) is 16.2. The van der Waals surface area contributed by atoms with Gasteiger partial charge < -0.3 is 10.0 Å². The molecule has 0 radical (unpaired) electrons. The first-order chi connectivity index (χ1) is 9.63. The number of amides is 1. The minimum Gasteiger partial charge on any atom is -0.480 e. The largest absolute Gasteiger partial charge is 0.480 e. The minimum absolute atomic E-state index is 0.0792. The molecule has 0 aliphatic rings. The molecule has 8 heteroatoms. The Bertz CT molecular complexity index is 626. The van der Waals surface area contributed by atoms with Gasteiger partial charge >= 0.3 is 5.97 Å². The molecule has 0 aliphatic carbocycles. The lowest BCUT2D eigenvalue weighted by molar-refractivity contribution is -0.144. The lowest BCUT2D eigenvalue weighted by atomic mass is 10.2. The molecule has 0 spiro atoms. The third-order valence-electron chi connectivity index (χ3n) is 2.81. The van der Waals surface area contributed by atoms with Crippen molar-refractivity contribution in [1.82, 2.24) is 4.90 Å². The second kappa shape index (κ2) is 6.66. The molecule has 1 amide bonds. The smallest absolute Gasteiger partial charge is 0.323 e. The van der Waals surface area contributed by atoms with E-state index in [9.17, 15) is 22.4 Å². The van der Waals surface area contributed by atoms with Crippen molar-refractivity contribution in [3.05, 3.63) is 30.1 Å². The van der Waals surface area contributed by atoms with Gasteiger partial charge in [0.1, 0.15) is 12.4 Å². The molecule has 116 valence electrons. The van der Waals surface area contributed by atoms with E-state index in [1.165, 1.54) is 14.0 Å². The molecule has 0 saturated heterocycles. The Labute approximate surface area is 122 Å². The zero-order valence-corrected chi connectivity index (χ0v) is 12.4. The van der Waals surface area contributed by atoms with Crippen LogP contribution in [0.2, 0.25) is 0 Å². The highest BCUT2D eigenvalue weighted by Crippen LogP contribution is 2.16. The molecule has 1 aromatic rings. The summed E-state index contributed by atoms with van der Waals surface area (Å²) in [4.78, 5) is 23.3. The summed E-state index contributed by atoms with van der Waals surface area (Å²) in [6.07, 6.45) is 0. The molecule has 0 aromatic heterocycles. The van der Waals surface area contributed by atoms with Crippen molar-refractivity contribution in [2.24, 2.45) is 5.92 Å². The number of likely N-dealkylation sites (N-methyl/N-ethyl adjacent to an activating group) is 1. The standard InChI is InChI=1S/C13H16FNO5S/c1-9(13(18)15(2)7-12(16)17)8-21(19,20)11-5-3-10(14)4-6-11/h3-6,9H,7-8H2,1-2H3,(H,16,17). The summed E-state index contributed by atoms with van der Waals surface area (Å²) < 4.78 is 37.0. The van der Waals surface area contributed by atoms with Crippen LogP contribution in [0.1, 0.15) is 6.92 Å². The number of hydrogen-bond donors (Lipinski definition) is 1. The lowest BCUT2D eigenvalue weighted by Gasteiger charge is -2.19. The molecule has 1 aromatic carbocycles. The van der Waals surface area contributed by atoms with Crippen LogP contribution >= 0.6 is 0 Å². The number of carbonyl (C=O) groups is 2. The molecule has 6 nitrogen and oxygen atoms in total. The topological polar surface area (TPSA) is 91.8 Å². The van der Waals surface area contributed by atoms with Crippen molar-refractivity contribution < 1.29 is 27.5 Å². The van der Waals surface area contributed by atoms with E-state index in [0.29, 0.717) is 0 Å². The maximum Gasteiger partial charge on any atom is 0.323 e. The van der Waals surface area contributed by atoms with Crippen molar-refractivity contribution in [2.45, 2.75) is 11.8 Å². The Morgan fingerprint density at radius 3 is 2.29 bits per heavy atom. The number of carbonyl (C=O) groups excluding carboxylic acids is 1. The fraction of sp³-hybridized carbons (Fsp3) is 0.385. The molecule has 0 heterocycles. The van der Waals surface area contributed by atoms with Crippen LogP contribution in [0.15, 0.2) is 29.2 Å². The number of hydrogen-bond acceptors (Lipinski definition) is 4.